The van der Waals surface area contributed by atoms with E-state index < -0.39 is 6.10 Å². The van der Waals surface area contributed by atoms with Crippen molar-refractivity contribution >= 4 is 16.6 Å². The Kier molecular flexibility index (Phi) is 3.58. The lowest BCUT2D eigenvalue weighted by atomic mass is 9.73. The van der Waals surface area contributed by atoms with E-state index in [-0.39, 0.29) is 6.04 Å². The van der Waals surface area contributed by atoms with Gasteiger partial charge in [-0.05, 0) is 61.1 Å². The van der Waals surface area contributed by atoms with Crippen LogP contribution in [0.25, 0.3) is 10.9 Å². The smallest absolute Gasteiger partial charge is 0.0952 e. The number of aliphatic hydroxyl groups is 1. The van der Waals surface area contributed by atoms with Gasteiger partial charge in [0.25, 0.3) is 0 Å². The van der Waals surface area contributed by atoms with Gasteiger partial charge in [0.05, 0.1) is 11.6 Å². The molecule has 2 bridgehead atoms. The van der Waals surface area contributed by atoms with Gasteiger partial charge in [-0.1, -0.05) is 6.08 Å². The Balaban J connectivity index is 1.69. The van der Waals surface area contributed by atoms with Gasteiger partial charge in [-0.15, -0.1) is 6.58 Å². The normalized spacial score (nSPS) is 31.2. The van der Waals surface area contributed by atoms with Crippen molar-refractivity contribution in [1.29, 1.82) is 0 Å². The van der Waals surface area contributed by atoms with Crippen molar-refractivity contribution in [2.24, 2.45) is 11.8 Å². The molecule has 3 aliphatic rings. The SMILES string of the molecule is C=C[C@H]1CN2CC[C@H]1C[C@@H]2[C@@H](O)c1ccnc2ccc(N)cc12. The number of nitrogens with two attached hydrogens (primary N) is 1. The summed E-state index contributed by atoms with van der Waals surface area (Å²) in [4.78, 5) is 6.82. The van der Waals surface area contributed by atoms with Crippen LogP contribution in [0.4, 0.5) is 5.69 Å². The first kappa shape index (κ1) is 14.7. The monoisotopic (exact) mass is 309 g/mol. The number of benzene rings is 1. The third-order valence-electron chi connectivity index (χ3n) is 5.64. The Labute approximate surface area is 136 Å². The summed E-state index contributed by atoms with van der Waals surface area (Å²) in [6.07, 6.45) is 5.60. The van der Waals surface area contributed by atoms with Gasteiger partial charge >= 0.3 is 0 Å². The molecule has 23 heavy (non-hydrogen) atoms. The first-order valence-corrected chi connectivity index (χ1v) is 8.36. The number of hydrogen-bond donors (Lipinski definition) is 2. The number of pyridine rings is 1. The molecule has 1 unspecified atom stereocenters. The number of nitrogen functional groups attached to an aromatic ring is 1. The van der Waals surface area contributed by atoms with E-state index >= 15 is 0 Å². The fraction of sp³-hybridized carbons (Fsp3) is 0.421. The molecular formula is C19H23N3O. The number of hydrogen-bond acceptors (Lipinski definition) is 4. The Bertz CT molecular complexity index is 744. The Morgan fingerprint density at radius 1 is 1.39 bits per heavy atom. The van der Waals surface area contributed by atoms with Crippen LogP contribution in [0.2, 0.25) is 0 Å². The Morgan fingerprint density at radius 3 is 3.00 bits per heavy atom. The average molecular weight is 309 g/mol. The number of nitrogens with zero attached hydrogens (tertiary/aromatic N) is 2. The summed E-state index contributed by atoms with van der Waals surface area (Å²) in [5.41, 5.74) is 8.47. The van der Waals surface area contributed by atoms with E-state index in [1.807, 2.05) is 24.3 Å². The van der Waals surface area contributed by atoms with Gasteiger partial charge in [0.2, 0.25) is 0 Å². The predicted molar refractivity (Wildman–Crippen MR) is 92.9 cm³/mol. The van der Waals surface area contributed by atoms with Gasteiger partial charge in [0.15, 0.2) is 0 Å². The highest BCUT2D eigenvalue weighted by atomic mass is 16.3. The largest absolute Gasteiger partial charge is 0.399 e. The summed E-state index contributed by atoms with van der Waals surface area (Å²) >= 11 is 0. The molecule has 5 rings (SSSR count). The number of aliphatic hydroxyl groups excluding tert-OH is 1. The van der Waals surface area contributed by atoms with Gasteiger partial charge in [-0.3, -0.25) is 9.88 Å². The van der Waals surface area contributed by atoms with Gasteiger partial charge in [0, 0.05) is 29.9 Å². The number of rotatable bonds is 3. The molecule has 0 radical (unpaired) electrons. The number of anilines is 1. The summed E-state index contributed by atoms with van der Waals surface area (Å²) in [6, 6.07) is 7.80. The first-order valence-electron chi connectivity index (χ1n) is 8.36. The maximum atomic E-state index is 11.1. The molecule has 3 saturated heterocycles. The molecule has 1 aromatic carbocycles. The number of piperidine rings is 3. The summed E-state index contributed by atoms with van der Waals surface area (Å²) in [5.74, 6) is 1.22. The third-order valence-corrected chi connectivity index (χ3v) is 5.64. The molecule has 3 fully saturated rings. The molecule has 0 amide bonds. The van der Waals surface area contributed by atoms with Crippen molar-refractivity contribution in [3.05, 3.63) is 48.7 Å². The molecule has 2 aromatic rings. The molecule has 0 aliphatic carbocycles. The van der Waals surface area contributed by atoms with Crippen molar-refractivity contribution in [3.63, 3.8) is 0 Å². The molecule has 0 spiro atoms. The summed E-state index contributed by atoms with van der Waals surface area (Å²) in [6.45, 7) is 6.06. The van der Waals surface area contributed by atoms with Crippen LogP contribution in [0.1, 0.15) is 24.5 Å². The quantitative estimate of drug-likeness (QED) is 0.676. The number of aromatic nitrogens is 1. The minimum atomic E-state index is -0.504. The summed E-state index contributed by atoms with van der Waals surface area (Å²) in [5, 5.41) is 12.0. The van der Waals surface area contributed by atoms with Crippen LogP contribution in [-0.4, -0.2) is 34.1 Å². The standard InChI is InChI=1S/C19H23N3O/c1-2-12-11-22-8-6-13(12)9-18(22)19(23)15-5-7-21-17-4-3-14(20)10-16(15)17/h2-5,7,10,12-13,18-19,23H,1,6,8-9,11,20H2/t12-,13-,18+,19-/m0/s1. The second-order valence-electron chi connectivity index (χ2n) is 6.87. The van der Waals surface area contributed by atoms with Gasteiger partial charge < -0.3 is 10.8 Å². The van der Waals surface area contributed by atoms with E-state index in [4.69, 9.17) is 5.73 Å². The molecule has 4 heterocycles. The summed E-state index contributed by atoms with van der Waals surface area (Å²) < 4.78 is 0. The minimum Gasteiger partial charge on any atom is -0.399 e. The Hall–Kier alpha value is -1.91. The molecule has 3 N–H and O–H groups in total. The predicted octanol–water partition coefficient (Wildman–Crippen LogP) is 2.75. The lowest BCUT2D eigenvalue weighted by molar-refractivity contribution is -0.0444. The Morgan fingerprint density at radius 2 is 2.26 bits per heavy atom. The van der Waals surface area contributed by atoms with Crippen LogP contribution in [0, 0.1) is 11.8 Å². The molecule has 4 heteroatoms. The van der Waals surface area contributed by atoms with E-state index in [0.29, 0.717) is 17.5 Å². The lowest BCUT2D eigenvalue weighted by Crippen LogP contribution is -2.54. The highest BCUT2D eigenvalue weighted by Gasteiger charge is 2.42. The van der Waals surface area contributed by atoms with Gasteiger partial charge in [-0.2, -0.15) is 0 Å². The van der Waals surface area contributed by atoms with Gasteiger partial charge in [-0.25, -0.2) is 0 Å². The molecule has 5 atom stereocenters. The van der Waals surface area contributed by atoms with Crippen LogP contribution in [-0.2, 0) is 0 Å². The van der Waals surface area contributed by atoms with Crippen molar-refractivity contribution in [3.8, 4) is 0 Å². The van der Waals surface area contributed by atoms with Crippen LogP contribution in [0.3, 0.4) is 0 Å². The van der Waals surface area contributed by atoms with Crippen LogP contribution >= 0.6 is 0 Å². The van der Waals surface area contributed by atoms with Crippen molar-refractivity contribution < 1.29 is 5.11 Å². The number of fused-ring (bicyclic) bond motifs is 4. The highest BCUT2D eigenvalue weighted by Crippen LogP contribution is 2.42. The molecule has 3 aliphatic heterocycles. The van der Waals surface area contributed by atoms with Crippen LogP contribution < -0.4 is 5.73 Å². The highest BCUT2D eigenvalue weighted by molar-refractivity contribution is 5.85. The lowest BCUT2D eigenvalue weighted by Gasteiger charge is -2.50. The van der Waals surface area contributed by atoms with Crippen LogP contribution in [0.15, 0.2) is 43.1 Å². The van der Waals surface area contributed by atoms with Crippen molar-refractivity contribution in [2.75, 3.05) is 18.8 Å². The fourth-order valence-electron chi connectivity index (χ4n) is 4.36. The van der Waals surface area contributed by atoms with E-state index in [2.05, 4.69) is 22.5 Å². The topological polar surface area (TPSA) is 62.4 Å². The molecule has 0 saturated carbocycles. The zero-order valence-corrected chi connectivity index (χ0v) is 13.2. The zero-order chi connectivity index (χ0) is 16.0. The maximum absolute atomic E-state index is 11.1. The second-order valence-corrected chi connectivity index (χ2v) is 6.87. The third kappa shape index (κ3) is 2.42. The molecule has 1 aromatic heterocycles. The maximum Gasteiger partial charge on any atom is 0.0952 e. The minimum absolute atomic E-state index is 0.178. The van der Waals surface area contributed by atoms with E-state index in [1.165, 1.54) is 6.42 Å². The van der Waals surface area contributed by atoms with Gasteiger partial charge in [0.1, 0.15) is 0 Å². The molecule has 4 nitrogen and oxygen atoms in total. The first-order chi connectivity index (χ1) is 11.2. The fourth-order valence-corrected chi connectivity index (χ4v) is 4.36. The van der Waals surface area contributed by atoms with Crippen molar-refractivity contribution in [2.45, 2.75) is 25.0 Å². The molecule has 120 valence electrons. The van der Waals surface area contributed by atoms with E-state index in [9.17, 15) is 5.11 Å². The average Bonchev–Trinajstić information content (AvgIpc) is 2.60. The summed E-state index contributed by atoms with van der Waals surface area (Å²) in [7, 11) is 0. The zero-order valence-electron chi connectivity index (χ0n) is 13.2. The molecular weight excluding hydrogens is 286 g/mol. The van der Waals surface area contributed by atoms with Crippen LogP contribution in [0.5, 0.6) is 0 Å². The van der Waals surface area contributed by atoms with E-state index in [0.717, 1.165) is 36.0 Å². The van der Waals surface area contributed by atoms with E-state index in [1.54, 1.807) is 6.20 Å². The second kappa shape index (κ2) is 5.62. The van der Waals surface area contributed by atoms with Crippen molar-refractivity contribution in [1.82, 2.24) is 9.88 Å².